The lowest BCUT2D eigenvalue weighted by Crippen LogP contribution is -2.28. The lowest BCUT2D eigenvalue weighted by molar-refractivity contribution is -0.130. The number of aromatic nitrogens is 5. The lowest BCUT2D eigenvalue weighted by atomic mass is 10.1. The summed E-state index contributed by atoms with van der Waals surface area (Å²) in [5.74, 6) is 0.812. The Hall–Kier alpha value is -4.08. The molecule has 10 nitrogen and oxygen atoms in total. The summed E-state index contributed by atoms with van der Waals surface area (Å²) in [4.78, 5) is 30.3. The molecule has 3 heterocycles. The molecule has 1 saturated heterocycles. The van der Waals surface area contributed by atoms with Gasteiger partial charge in [-0.3, -0.25) is 9.59 Å². The van der Waals surface area contributed by atoms with E-state index >= 15 is 0 Å². The topological polar surface area (TPSA) is 119 Å². The quantitative estimate of drug-likeness (QED) is 0.469. The Kier molecular flexibility index (Phi) is 5.79. The van der Waals surface area contributed by atoms with Crippen LogP contribution >= 0.6 is 0 Å². The minimum atomic E-state index is -0.145. The third-order valence-corrected chi connectivity index (χ3v) is 6.07. The molecule has 4 aromatic rings. The van der Waals surface area contributed by atoms with Gasteiger partial charge in [0, 0.05) is 43.2 Å². The number of carbonyl (C=O) groups excluding carboxylic acids is 2. The number of amides is 2. The van der Waals surface area contributed by atoms with Crippen molar-refractivity contribution in [2.24, 2.45) is 0 Å². The van der Waals surface area contributed by atoms with Crippen molar-refractivity contribution in [3.63, 3.8) is 0 Å². The van der Waals surface area contributed by atoms with Gasteiger partial charge in [0.25, 0.3) is 5.89 Å². The van der Waals surface area contributed by atoms with Crippen LogP contribution < -0.4 is 5.32 Å². The molecule has 10 heteroatoms. The molecule has 34 heavy (non-hydrogen) atoms. The van der Waals surface area contributed by atoms with E-state index in [1.165, 1.54) is 6.92 Å². The first-order chi connectivity index (χ1) is 16.5. The Bertz CT molecular complexity index is 1370. The van der Waals surface area contributed by atoms with E-state index in [0.717, 1.165) is 48.1 Å². The van der Waals surface area contributed by atoms with Gasteiger partial charge >= 0.3 is 0 Å². The van der Waals surface area contributed by atoms with E-state index in [-0.39, 0.29) is 11.8 Å². The highest BCUT2D eigenvalue weighted by molar-refractivity contribution is 5.90. The lowest BCUT2D eigenvalue weighted by Gasteiger charge is -2.14. The highest BCUT2D eigenvalue weighted by atomic mass is 16.5. The van der Waals surface area contributed by atoms with Crippen LogP contribution in [-0.4, -0.2) is 54.9 Å². The number of fused-ring (bicyclic) bond motifs is 1. The SMILES string of the molecule is CC(=O)Nc1cccc(-c2nc(-c3ccc4c(c3)nnn4CCC(=O)N3CCCC3)no2)c1C. The molecule has 1 fully saturated rings. The summed E-state index contributed by atoms with van der Waals surface area (Å²) < 4.78 is 7.28. The van der Waals surface area contributed by atoms with Crippen molar-refractivity contribution >= 4 is 28.5 Å². The maximum Gasteiger partial charge on any atom is 0.258 e. The first kappa shape index (κ1) is 21.7. The van der Waals surface area contributed by atoms with Crippen molar-refractivity contribution in [3.8, 4) is 22.8 Å². The zero-order chi connectivity index (χ0) is 23.7. The van der Waals surface area contributed by atoms with E-state index in [0.29, 0.717) is 35.9 Å². The third kappa shape index (κ3) is 4.26. The second kappa shape index (κ2) is 9.05. The van der Waals surface area contributed by atoms with Crippen LogP contribution in [0.3, 0.4) is 0 Å². The highest BCUT2D eigenvalue weighted by Gasteiger charge is 2.19. The monoisotopic (exact) mass is 459 g/mol. The molecule has 0 bridgehead atoms. The highest BCUT2D eigenvalue weighted by Crippen LogP contribution is 2.29. The van der Waals surface area contributed by atoms with Crippen LogP contribution in [0.25, 0.3) is 33.9 Å². The third-order valence-electron chi connectivity index (χ3n) is 6.07. The van der Waals surface area contributed by atoms with E-state index in [4.69, 9.17) is 4.52 Å². The maximum atomic E-state index is 12.3. The van der Waals surface area contributed by atoms with Crippen LogP contribution in [0, 0.1) is 6.92 Å². The fourth-order valence-electron chi connectivity index (χ4n) is 4.25. The fourth-order valence-corrected chi connectivity index (χ4v) is 4.25. The molecule has 174 valence electrons. The summed E-state index contributed by atoms with van der Waals surface area (Å²) in [5.41, 5.74) is 4.58. The summed E-state index contributed by atoms with van der Waals surface area (Å²) in [6.45, 7) is 5.55. The van der Waals surface area contributed by atoms with Crippen LogP contribution in [0.15, 0.2) is 40.9 Å². The first-order valence-electron chi connectivity index (χ1n) is 11.3. The second-order valence-electron chi connectivity index (χ2n) is 8.44. The van der Waals surface area contributed by atoms with Gasteiger partial charge in [-0.25, -0.2) is 4.68 Å². The van der Waals surface area contributed by atoms with Gasteiger partial charge in [0.05, 0.1) is 12.1 Å². The van der Waals surface area contributed by atoms with Crippen LogP contribution in [0.5, 0.6) is 0 Å². The minimum Gasteiger partial charge on any atom is -0.343 e. The number of nitrogens with zero attached hydrogens (tertiary/aromatic N) is 6. The second-order valence-corrected chi connectivity index (χ2v) is 8.44. The molecule has 0 saturated carbocycles. The fraction of sp³-hybridized carbons (Fsp3) is 0.333. The zero-order valence-electron chi connectivity index (χ0n) is 19.1. The Morgan fingerprint density at radius 3 is 2.76 bits per heavy atom. The molecule has 0 aliphatic carbocycles. The Morgan fingerprint density at radius 2 is 1.97 bits per heavy atom. The van der Waals surface area contributed by atoms with Crippen molar-refractivity contribution in [2.45, 2.75) is 39.7 Å². The number of rotatable bonds is 6. The van der Waals surface area contributed by atoms with Crippen LogP contribution in [0.1, 0.15) is 31.7 Å². The van der Waals surface area contributed by atoms with Crippen LogP contribution in [0.4, 0.5) is 5.69 Å². The normalized spacial score (nSPS) is 13.5. The number of carbonyl (C=O) groups is 2. The molecule has 5 rings (SSSR count). The Balaban J connectivity index is 1.35. The van der Waals surface area contributed by atoms with Crippen molar-refractivity contribution < 1.29 is 14.1 Å². The summed E-state index contributed by atoms with van der Waals surface area (Å²) in [7, 11) is 0. The van der Waals surface area contributed by atoms with E-state index in [2.05, 4.69) is 25.8 Å². The molecule has 2 aromatic carbocycles. The molecule has 0 spiro atoms. The number of anilines is 1. The van der Waals surface area contributed by atoms with E-state index in [9.17, 15) is 9.59 Å². The number of hydrogen-bond donors (Lipinski definition) is 1. The zero-order valence-corrected chi connectivity index (χ0v) is 19.1. The van der Waals surface area contributed by atoms with Gasteiger partial charge in [0.15, 0.2) is 0 Å². The van der Waals surface area contributed by atoms with Gasteiger partial charge in [-0.1, -0.05) is 16.4 Å². The van der Waals surface area contributed by atoms with Crippen molar-refractivity contribution in [3.05, 3.63) is 42.0 Å². The predicted molar refractivity (Wildman–Crippen MR) is 126 cm³/mol. The number of nitrogens with one attached hydrogen (secondary N) is 1. The number of likely N-dealkylation sites (tertiary alicyclic amines) is 1. The first-order valence-corrected chi connectivity index (χ1v) is 11.3. The molecule has 2 aromatic heterocycles. The average molecular weight is 460 g/mol. The number of hydrogen-bond acceptors (Lipinski definition) is 7. The van der Waals surface area contributed by atoms with Gasteiger partial charge in [-0.15, -0.1) is 5.10 Å². The van der Waals surface area contributed by atoms with Crippen molar-refractivity contribution in [1.82, 2.24) is 30.0 Å². The Morgan fingerprint density at radius 1 is 1.15 bits per heavy atom. The summed E-state index contributed by atoms with van der Waals surface area (Å²) in [6.07, 6.45) is 2.57. The van der Waals surface area contributed by atoms with Crippen LogP contribution in [-0.2, 0) is 16.1 Å². The van der Waals surface area contributed by atoms with Crippen LogP contribution in [0.2, 0.25) is 0 Å². The molecule has 0 radical (unpaired) electrons. The molecule has 1 N–H and O–H groups in total. The summed E-state index contributed by atoms with van der Waals surface area (Å²) in [5, 5.41) is 15.4. The maximum absolute atomic E-state index is 12.3. The molecule has 0 unspecified atom stereocenters. The minimum absolute atomic E-state index is 0.145. The Labute approximate surface area is 195 Å². The van der Waals surface area contributed by atoms with Gasteiger partial charge in [-0.05, 0) is 55.7 Å². The van der Waals surface area contributed by atoms with E-state index < -0.39 is 0 Å². The van der Waals surface area contributed by atoms with Gasteiger partial charge in [0.1, 0.15) is 5.52 Å². The summed E-state index contributed by atoms with van der Waals surface area (Å²) >= 11 is 0. The van der Waals surface area contributed by atoms with Crippen molar-refractivity contribution in [1.29, 1.82) is 0 Å². The molecule has 0 atom stereocenters. The molecular weight excluding hydrogens is 434 g/mol. The van der Waals surface area contributed by atoms with Gasteiger partial charge in [-0.2, -0.15) is 4.98 Å². The number of aryl methyl sites for hydroxylation is 1. The summed E-state index contributed by atoms with van der Waals surface area (Å²) in [6, 6.07) is 11.2. The van der Waals surface area contributed by atoms with Gasteiger partial charge in [0.2, 0.25) is 17.6 Å². The molecular formula is C24H25N7O3. The molecule has 1 aliphatic rings. The predicted octanol–water partition coefficient (Wildman–Crippen LogP) is 3.43. The molecule has 1 aliphatic heterocycles. The largest absolute Gasteiger partial charge is 0.343 e. The standard InChI is InChI=1S/C24H25N7O3/c1-15-18(6-5-7-19(15)25-16(2)32)24-26-23(28-34-24)17-8-9-21-20(14-17)27-29-31(21)13-10-22(33)30-11-3-4-12-30/h5-9,14H,3-4,10-13H2,1-2H3,(H,25,32). The van der Waals surface area contributed by atoms with E-state index in [1.807, 2.05) is 48.2 Å². The van der Waals surface area contributed by atoms with E-state index in [1.54, 1.807) is 4.68 Å². The smallest absolute Gasteiger partial charge is 0.258 e. The molecule has 2 amide bonds. The van der Waals surface area contributed by atoms with Crippen molar-refractivity contribution in [2.75, 3.05) is 18.4 Å². The average Bonchev–Trinajstić information content (AvgIpc) is 3.59. The van der Waals surface area contributed by atoms with Gasteiger partial charge < -0.3 is 14.7 Å². The number of benzene rings is 2.